The molecule has 0 spiro atoms. The molecule has 0 atom stereocenters. The zero-order chi connectivity index (χ0) is 15.7. The monoisotopic (exact) mass is 294 g/mol. The van der Waals surface area contributed by atoms with Gasteiger partial charge in [-0.2, -0.15) is 0 Å². The Hall–Kier alpha value is -2.44. The summed E-state index contributed by atoms with van der Waals surface area (Å²) in [5, 5.41) is 22.0. The molecule has 0 radical (unpaired) electrons. The third kappa shape index (κ3) is 6.51. The van der Waals surface area contributed by atoms with Crippen molar-refractivity contribution in [3.8, 4) is 0 Å². The molecular weight excluding hydrogens is 276 g/mol. The van der Waals surface area contributed by atoms with Crippen LogP contribution in [-0.2, 0) is 16.0 Å². The summed E-state index contributed by atoms with van der Waals surface area (Å²) in [6.45, 7) is 0.444. The molecule has 0 aliphatic carbocycles. The first-order chi connectivity index (χ1) is 10.0. The van der Waals surface area contributed by atoms with Crippen LogP contribution in [0.2, 0.25) is 0 Å². The van der Waals surface area contributed by atoms with E-state index in [9.17, 15) is 19.7 Å². The van der Waals surface area contributed by atoms with Crippen LogP contribution in [-0.4, -0.2) is 28.5 Å². The predicted molar refractivity (Wildman–Crippen MR) is 75.9 cm³/mol. The number of unbranched alkanes of at least 4 members (excludes halogenated alkanes) is 2. The van der Waals surface area contributed by atoms with Crippen molar-refractivity contribution in [3.63, 3.8) is 0 Å². The summed E-state index contributed by atoms with van der Waals surface area (Å²) in [7, 11) is 0. The molecule has 21 heavy (non-hydrogen) atoms. The van der Waals surface area contributed by atoms with Crippen LogP contribution in [0.3, 0.4) is 0 Å². The average Bonchev–Trinajstić information content (AvgIpc) is 2.42. The summed E-state index contributed by atoms with van der Waals surface area (Å²) in [4.78, 5) is 32.3. The highest BCUT2D eigenvalue weighted by Crippen LogP contribution is 2.17. The van der Waals surface area contributed by atoms with Crippen molar-refractivity contribution in [2.24, 2.45) is 0 Å². The van der Waals surface area contributed by atoms with Crippen molar-refractivity contribution in [1.29, 1.82) is 0 Å². The second-order valence-electron chi connectivity index (χ2n) is 4.62. The topological polar surface area (TPSA) is 110 Å². The molecule has 0 fully saturated rings. The van der Waals surface area contributed by atoms with Gasteiger partial charge in [0, 0.05) is 24.6 Å². The lowest BCUT2D eigenvalue weighted by Gasteiger charge is -2.05. The molecule has 2 N–H and O–H groups in total. The van der Waals surface area contributed by atoms with Gasteiger partial charge >= 0.3 is 5.97 Å². The number of hydrogen-bond donors (Lipinski definition) is 2. The maximum Gasteiger partial charge on any atom is 0.303 e. The van der Waals surface area contributed by atoms with Gasteiger partial charge in [0.15, 0.2) is 0 Å². The fourth-order valence-corrected chi connectivity index (χ4v) is 1.88. The molecule has 7 nitrogen and oxygen atoms in total. The van der Waals surface area contributed by atoms with Gasteiger partial charge in [-0.25, -0.2) is 0 Å². The Labute approximate surface area is 122 Å². The van der Waals surface area contributed by atoms with Gasteiger partial charge in [-0.3, -0.25) is 19.7 Å². The van der Waals surface area contributed by atoms with Gasteiger partial charge < -0.3 is 10.4 Å². The van der Waals surface area contributed by atoms with Crippen molar-refractivity contribution in [2.45, 2.75) is 32.1 Å². The molecule has 1 amide bonds. The molecule has 1 rings (SSSR count). The number of carbonyl (C=O) groups excluding carboxylic acids is 1. The number of benzene rings is 1. The van der Waals surface area contributed by atoms with Crippen LogP contribution in [0.1, 0.15) is 31.2 Å². The minimum atomic E-state index is -0.824. The number of nitrogens with zero attached hydrogens (tertiary/aromatic N) is 1. The van der Waals surface area contributed by atoms with E-state index in [1.165, 1.54) is 6.07 Å². The Kier molecular flexibility index (Phi) is 6.86. The molecule has 0 unspecified atom stereocenters. The third-order valence-corrected chi connectivity index (χ3v) is 2.93. The van der Waals surface area contributed by atoms with E-state index < -0.39 is 10.9 Å². The van der Waals surface area contributed by atoms with Crippen LogP contribution in [0.4, 0.5) is 5.69 Å². The molecular formula is C14H18N2O5. The summed E-state index contributed by atoms with van der Waals surface area (Å²) in [6.07, 6.45) is 2.08. The number of nitrogens with one attached hydrogen (secondary N) is 1. The van der Waals surface area contributed by atoms with Crippen molar-refractivity contribution >= 4 is 17.6 Å². The first kappa shape index (κ1) is 16.6. The van der Waals surface area contributed by atoms with Gasteiger partial charge in [-0.1, -0.05) is 24.6 Å². The lowest BCUT2D eigenvalue weighted by molar-refractivity contribution is -0.385. The maximum atomic E-state index is 11.7. The molecule has 1 aromatic rings. The van der Waals surface area contributed by atoms with Gasteiger partial charge in [0.1, 0.15) is 0 Å². The fourth-order valence-electron chi connectivity index (χ4n) is 1.88. The molecule has 0 aliphatic rings. The highest BCUT2D eigenvalue weighted by molar-refractivity contribution is 5.79. The van der Waals surface area contributed by atoms with Crippen LogP contribution in [0, 0.1) is 10.1 Å². The number of rotatable bonds is 9. The second-order valence-corrected chi connectivity index (χ2v) is 4.62. The first-order valence-corrected chi connectivity index (χ1v) is 6.71. The number of nitro benzene ring substituents is 1. The highest BCUT2D eigenvalue weighted by Gasteiger charge is 2.14. The number of carbonyl (C=O) groups is 2. The van der Waals surface area contributed by atoms with Gasteiger partial charge in [-0.15, -0.1) is 0 Å². The maximum absolute atomic E-state index is 11.7. The molecule has 0 bridgehead atoms. The van der Waals surface area contributed by atoms with E-state index in [2.05, 4.69) is 5.32 Å². The van der Waals surface area contributed by atoms with Gasteiger partial charge in [-0.05, 0) is 12.8 Å². The van der Waals surface area contributed by atoms with Crippen LogP contribution in [0.25, 0.3) is 0 Å². The van der Waals surface area contributed by atoms with Crippen LogP contribution in [0.5, 0.6) is 0 Å². The van der Waals surface area contributed by atoms with Crippen LogP contribution in [0.15, 0.2) is 24.3 Å². The molecule has 114 valence electrons. The Balaban J connectivity index is 2.31. The summed E-state index contributed by atoms with van der Waals surface area (Å²) < 4.78 is 0. The second kappa shape index (κ2) is 8.68. The van der Waals surface area contributed by atoms with E-state index in [1.807, 2.05) is 0 Å². The SMILES string of the molecule is O=C(O)CCCCCNC(=O)Cc1ccccc1[N+](=O)[O-]. The lowest BCUT2D eigenvalue weighted by Crippen LogP contribution is -2.26. The van der Waals surface area contributed by atoms with Crippen LogP contribution >= 0.6 is 0 Å². The zero-order valence-corrected chi connectivity index (χ0v) is 11.6. The lowest BCUT2D eigenvalue weighted by atomic mass is 10.1. The molecule has 0 saturated heterocycles. The third-order valence-electron chi connectivity index (χ3n) is 2.93. The summed E-state index contributed by atoms with van der Waals surface area (Å²) in [6, 6.07) is 6.14. The fraction of sp³-hybridized carbons (Fsp3) is 0.429. The molecule has 0 aromatic heterocycles. The minimum absolute atomic E-state index is 0.0354. The van der Waals surface area contributed by atoms with Crippen LogP contribution < -0.4 is 5.32 Å². The first-order valence-electron chi connectivity index (χ1n) is 6.71. The smallest absolute Gasteiger partial charge is 0.303 e. The predicted octanol–water partition coefficient (Wildman–Crippen LogP) is 1.90. The van der Waals surface area contributed by atoms with E-state index >= 15 is 0 Å². The van der Waals surface area contributed by atoms with Gasteiger partial charge in [0.2, 0.25) is 5.91 Å². The number of hydrogen-bond acceptors (Lipinski definition) is 4. The largest absolute Gasteiger partial charge is 0.481 e. The number of aliphatic carboxylic acids is 1. The molecule has 0 aliphatic heterocycles. The van der Waals surface area contributed by atoms with Crippen molar-refractivity contribution in [1.82, 2.24) is 5.32 Å². The minimum Gasteiger partial charge on any atom is -0.481 e. The normalized spacial score (nSPS) is 10.1. The standard InChI is InChI=1S/C14H18N2O5/c17-13(15-9-5-1-2-8-14(18)19)10-11-6-3-4-7-12(11)16(20)21/h3-4,6-7H,1-2,5,8-10H2,(H,15,17)(H,18,19). The summed E-state index contributed by atoms with van der Waals surface area (Å²) in [5.41, 5.74) is 0.319. The number of amides is 1. The number of nitro groups is 1. The van der Waals surface area contributed by atoms with Gasteiger partial charge in [0.25, 0.3) is 5.69 Å². The van der Waals surface area contributed by atoms with E-state index in [4.69, 9.17) is 5.11 Å². The van der Waals surface area contributed by atoms with E-state index in [-0.39, 0.29) is 24.4 Å². The molecule has 1 aromatic carbocycles. The Morgan fingerprint density at radius 3 is 2.57 bits per heavy atom. The highest BCUT2D eigenvalue weighted by atomic mass is 16.6. The van der Waals surface area contributed by atoms with E-state index in [0.717, 1.165) is 6.42 Å². The zero-order valence-electron chi connectivity index (χ0n) is 11.6. The van der Waals surface area contributed by atoms with Crippen molar-refractivity contribution in [3.05, 3.63) is 39.9 Å². The van der Waals surface area contributed by atoms with E-state index in [0.29, 0.717) is 24.9 Å². The molecule has 0 saturated carbocycles. The Morgan fingerprint density at radius 1 is 1.19 bits per heavy atom. The van der Waals surface area contributed by atoms with E-state index in [1.54, 1.807) is 18.2 Å². The Bertz CT molecular complexity index is 516. The summed E-state index contributed by atoms with van der Waals surface area (Å²) >= 11 is 0. The van der Waals surface area contributed by atoms with Gasteiger partial charge in [0.05, 0.1) is 11.3 Å². The number of para-hydroxylation sites is 1. The summed E-state index contributed by atoms with van der Waals surface area (Å²) in [5.74, 6) is -1.10. The number of carboxylic acids is 1. The Morgan fingerprint density at radius 2 is 1.90 bits per heavy atom. The molecule has 0 heterocycles. The quantitative estimate of drug-likeness (QED) is 0.410. The number of carboxylic acid groups (broad SMARTS) is 1. The van der Waals surface area contributed by atoms with Crippen molar-refractivity contribution < 1.29 is 19.6 Å². The molecule has 7 heteroatoms. The van der Waals surface area contributed by atoms with Crippen molar-refractivity contribution in [2.75, 3.05) is 6.54 Å². The average molecular weight is 294 g/mol.